The molecule has 0 aromatic carbocycles. The topological polar surface area (TPSA) is 83.1 Å². The quantitative estimate of drug-likeness (QED) is 0.879. The number of rotatable bonds is 4. The number of aliphatic carboxylic acids is 1. The van der Waals surface area contributed by atoms with Crippen molar-refractivity contribution in [2.24, 2.45) is 5.10 Å². The normalized spacial score (nSPS) is 17.9. The van der Waals surface area contributed by atoms with Crippen LogP contribution in [0, 0.1) is 0 Å². The van der Waals surface area contributed by atoms with E-state index in [1.165, 1.54) is 16.3 Å². The van der Waals surface area contributed by atoms with Crippen LogP contribution in [-0.2, 0) is 9.59 Å². The van der Waals surface area contributed by atoms with E-state index < -0.39 is 11.9 Å². The summed E-state index contributed by atoms with van der Waals surface area (Å²) < 4.78 is 5.33. The average Bonchev–Trinajstić information content (AvgIpc) is 3.23. The van der Waals surface area contributed by atoms with Crippen LogP contribution in [-0.4, -0.2) is 27.7 Å². The molecule has 6 nitrogen and oxygen atoms in total. The molecular weight excluding hydrogens is 304 g/mol. The standard InChI is InChI=1S/C15H12N2O4S/c18-14(5-6-15(19)20)17-11(13-4-2-8-22-13)9-10(16-17)12-3-1-7-21-12/h1-8,11H,9H2,(H,19,20)/b6-5+. The van der Waals surface area contributed by atoms with Crippen LogP contribution in [0.25, 0.3) is 0 Å². The zero-order valence-electron chi connectivity index (χ0n) is 11.4. The van der Waals surface area contributed by atoms with Gasteiger partial charge in [0.15, 0.2) is 0 Å². The van der Waals surface area contributed by atoms with Crippen LogP contribution in [0.2, 0.25) is 0 Å². The fraction of sp³-hybridized carbons (Fsp3) is 0.133. The fourth-order valence-electron chi connectivity index (χ4n) is 2.23. The smallest absolute Gasteiger partial charge is 0.328 e. The fourth-order valence-corrected chi connectivity index (χ4v) is 3.04. The van der Waals surface area contributed by atoms with Gasteiger partial charge in [-0.2, -0.15) is 5.10 Å². The van der Waals surface area contributed by atoms with Crippen LogP contribution in [0.4, 0.5) is 0 Å². The number of carbonyl (C=O) groups is 2. The van der Waals surface area contributed by atoms with Gasteiger partial charge in [-0.15, -0.1) is 11.3 Å². The number of hydrogen-bond donors (Lipinski definition) is 1. The summed E-state index contributed by atoms with van der Waals surface area (Å²) in [6.07, 6.45) is 3.90. The van der Waals surface area contributed by atoms with E-state index in [9.17, 15) is 9.59 Å². The Balaban J connectivity index is 1.90. The number of carbonyl (C=O) groups excluding carboxylic acids is 1. The number of furan rings is 1. The van der Waals surface area contributed by atoms with E-state index >= 15 is 0 Å². The van der Waals surface area contributed by atoms with Gasteiger partial charge in [0, 0.05) is 23.5 Å². The molecule has 1 aliphatic heterocycles. The molecule has 1 aliphatic rings. The van der Waals surface area contributed by atoms with Gasteiger partial charge in [0.25, 0.3) is 5.91 Å². The highest BCUT2D eigenvalue weighted by Crippen LogP contribution is 2.35. The number of amides is 1. The van der Waals surface area contributed by atoms with Crippen molar-refractivity contribution in [2.45, 2.75) is 12.5 Å². The number of hydrazone groups is 1. The highest BCUT2D eigenvalue weighted by Gasteiger charge is 2.33. The van der Waals surface area contributed by atoms with E-state index in [0.717, 1.165) is 17.0 Å². The van der Waals surface area contributed by atoms with Gasteiger partial charge in [0.1, 0.15) is 11.5 Å². The predicted molar refractivity (Wildman–Crippen MR) is 80.5 cm³/mol. The molecule has 0 radical (unpaired) electrons. The molecule has 2 aromatic rings. The van der Waals surface area contributed by atoms with E-state index in [1.807, 2.05) is 17.5 Å². The van der Waals surface area contributed by atoms with Gasteiger partial charge in [0.05, 0.1) is 12.3 Å². The van der Waals surface area contributed by atoms with E-state index in [2.05, 4.69) is 5.10 Å². The third-order valence-electron chi connectivity index (χ3n) is 3.18. The Morgan fingerprint density at radius 1 is 1.36 bits per heavy atom. The van der Waals surface area contributed by atoms with Crippen molar-refractivity contribution in [2.75, 3.05) is 0 Å². The molecule has 0 saturated carbocycles. The van der Waals surface area contributed by atoms with Crippen LogP contribution >= 0.6 is 11.3 Å². The summed E-state index contributed by atoms with van der Waals surface area (Å²) in [7, 11) is 0. The van der Waals surface area contributed by atoms with Crippen molar-refractivity contribution < 1.29 is 19.1 Å². The summed E-state index contributed by atoms with van der Waals surface area (Å²) in [5.41, 5.74) is 0.667. The molecule has 1 unspecified atom stereocenters. The van der Waals surface area contributed by atoms with Crippen molar-refractivity contribution in [1.29, 1.82) is 0 Å². The van der Waals surface area contributed by atoms with E-state index in [-0.39, 0.29) is 6.04 Å². The van der Waals surface area contributed by atoms with Gasteiger partial charge in [-0.3, -0.25) is 4.79 Å². The minimum atomic E-state index is -1.17. The molecule has 0 fully saturated rings. The lowest BCUT2D eigenvalue weighted by atomic mass is 10.1. The van der Waals surface area contributed by atoms with Gasteiger partial charge in [-0.25, -0.2) is 9.80 Å². The first kappa shape index (κ1) is 14.3. The highest BCUT2D eigenvalue weighted by molar-refractivity contribution is 7.10. The molecule has 112 valence electrons. The summed E-state index contributed by atoms with van der Waals surface area (Å²) in [5, 5.41) is 16.2. The lowest BCUT2D eigenvalue weighted by molar-refractivity contribution is -0.132. The first-order valence-corrected chi connectivity index (χ1v) is 7.42. The molecule has 3 heterocycles. The minimum Gasteiger partial charge on any atom is -0.478 e. The molecule has 1 atom stereocenters. The van der Waals surface area contributed by atoms with Crippen LogP contribution < -0.4 is 0 Å². The maximum absolute atomic E-state index is 12.2. The van der Waals surface area contributed by atoms with Crippen molar-refractivity contribution in [1.82, 2.24) is 5.01 Å². The number of carboxylic acid groups (broad SMARTS) is 1. The van der Waals surface area contributed by atoms with Gasteiger partial charge >= 0.3 is 5.97 Å². The summed E-state index contributed by atoms with van der Waals surface area (Å²) in [4.78, 5) is 23.8. The molecule has 0 spiro atoms. The number of carboxylic acids is 1. The minimum absolute atomic E-state index is 0.244. The highest BCUT2D eigenvalue weighted by atomic mass is 32.1. The van der Waals surface area contributed by atoms with Crippen molar-refractivity contribution in [3.63, 3.8) is 0 Å². The SMILES string of the molecule is O=C(O)/C=C/C(=O)N1N=C(c2ccco2)CC1c1cccs1. The molecule has 2 aromatic heterocycles. The summed E-state index contributed by atoms with van der Waals surface area (Å²) in [6.45, 7) is 0. The molecule has 3 rings (SSSR count). The maximum atomic E-state index is 12.2. The van der Waals surface area contributed by atoms with Crippen molar-refractivity contribution >= 4 is 28.9 Å². The lowest BCUT2D eigenvalue weighted by Crippen LogP contribution is -2.24. The molecule has 22 heavy (non-hydrogen) atoms. The average molecular weight is 316 g/mol. The first-order chi connectivity index (χ1) is 10.6. The predicted octanol–water partition coefficient (Wildman–Crippen LogP) is 2.66. The monoisotopic (exact) mass is 316 g/mol. The van der Waals surface area contributed by atoms with Crippen molar-refractivity contribution in [3.05, 3.63) is 58.7 Å². The third kappa shape index (κ3) is 2.84. The second kappa shape index (κ2) is 5.98. The summed E-state index contributed by atoms with van der Waals surface area (Å²) >= 11 is 1.53. The number of thiophene rings is 1. The second-order valence-electron chi connectivity index (χ2n) is 4.61. The zero-order chi connectivity index (χ0) is 15.5. The Morgan fingerprint density at radius 3 is 2.86 bits per heavy atom. The van der Waals surface area contributed by atoms with E-state index in [0.29, 0.717) is 17.9 Å². The second-order valence-corrected chi connectivity index (χ2v) is 5.59. The lowest BCUT2D eigenvalue weighted by Gasteiger charge is -2.18. The van der Waals surface area contributed by atoms with E-state index in [1.54, 1.807) is 18.4 Å². The molecule has 1 amide bonds. The van der Waals surface area contributed by atoms with Gasteiger partial charge in [-0.1, -0.05) is 6.07 Å². The zero-order valence-corrected chi connectivity index (χ0v) is 12.2. The van der Waals surface area contributed by atoms with Gasteiger partial charge < -0.3 is 9.52 Å². The third-order valence-corrected chi connectivity index (χ3v) is 4.16. The molecule has 0 saturated heterocycles. The van der Waals surface area contributed by atoms with Gasteiger partial charge in [-0.05, 0) is 23.6 Å². The Hall–Kier alpha value is -2.67. The first-order valence-electron chi connectivity index (χ1n) is 6.54. The van der Waals surface area contributed by atoms with Crippen LogP contribution in [0.5, 0.6) is 0 Å². The van der Waals surface area contributed by atoms with Crippen LogP contribution in [0.1, 0.15) is 23.1 Å². The number of nitrogens with zero attached hydrogens (tertiary/aromatic N) is 2. The van der Waals surface area contributed by atoms with Crippen LogP contribution in [0.15, 0.2) is 57.6 Å². The molecular formula is C15H12N2O4S. The Morgan fingerprint density at radius 2 is 2.23 bits per heavy atom. The molecule has 7 heteroatoms. The molecule has 0 bridgehead atoms. The summed E-state index contributed by atoms with van der Waals surface area (Å²) in [6, 6.07) is 7.13. The maximum Gasteiger partial charge on any atom is 0.328 e. The van der Waals surface area contributed by atoms with Crippen LogP contribution in [0.3, 0.4) is 0 Å². The Labute approximate surface area is 130 Å². The summed E-state index contributed by atoms with van der Waals surface area (Å²) in [5.74, 6) is -1.03. The molecule has 1 N–H and O–H groups in total. The largest absolute Gasteiger partial charge is 0.478 e. The molecule has 0 aliphatic carbocycles. The Kier molecular flexibility index (Phi) is 3.88. The Bertz CT molecular complexity index is 732. The number of hydrogen-bond acceptors (Lipinski definition) is 5. The van der Waals surface area contributed by atoms with E-state index in [4.69, 9.17) is 9.52 Å². The van der Waals surface area contributed by atoms with Crippen molar-refractivity contribution in [3.8, 4) is 0 Å². The van der Waals surface area contributed by atoms with Gasteiger partial charge in [0.2, 0.25) is 0 Å².